The van der Waals surface area contributed by atoms with Gasteiger partial charge in [-0.05, 0) is 55.2 Å². The van der Waals surface area contributed by atoms with E-state index >= 15 is 0 Å². The Balaban J connectivity index is 1.72. The van der Waals surface area contributed by atoms with E-state index < -0.39 is 10.8 Å². The number of anilines is 3. The summed E-state index contributed by atoms with van der Waals surface area (Å²) in [4.78, 5) is 37.7. The Labute approximate surface area is 181 Å². The zero-order valence-corrected chi connectivity index (χ0v) is 18.1. The van der Waals surface area contributed by atoms with Crippen LogP contribution in [0.3, 0.4) is 0 Å². The van der Waals surface area contributed by atoms with Crippen LogP contribution in [0.4, 0.5) is 22.7 Å². The molecule has 0 saturated carbocycles. The maximum absolute atomic E-state index is 12.7. The van der Waals surface area contributed by atoms with E-state index in [9.17, 15) is 19.7 Å². The van der Waals surface area contributed by atoms with Crippen molar-refractivity contribution < 1.29 is 14.5 Å². The smallest absolute Gasteiger partial charge is 0.293 e. The van der Waals surface area contributed by atoms with Gasteiger partial charge in [-0.3, -0.25) is 19.7 Å². The molecule has 0 aliphatic carbocycles. The van der Waals surface area contributed by atoms with E-state index in [1.54, 1.807) is 50.2 Å². The van der Waals surface area contributed by atoms with Gasteiger partial charge in [0.15, 0.2) is 0 Å². The first kappa shape index (κ1) is 22.3. The van der Waals surface area contributed by atoms with Crippen molar-refractivity contribution in [1.29, 1.82) is 0 Å². The largest absolute Gasteiger partial charge is 0.366 e. The third-order valence-electron chi connectivity index (χ3n) is 5.49. The molecule has 2 amide bonds. The van der Waals surface area contributed by atoms with Gasteiger partial charge in [-0.2, -0.15) is 0 Å². The molecule has 8 heteroatoms. The van der Waals surface area contributed by atoms with Crippen LogP contribution in [0.25, 0.3) is 0 Å². The second kappa shape index (κ2) is 9.59. The van der Waals surface area contributed by atoms with Crippen molar-refractivity contribution in [3.8, 4) is 0 Å². The molecule has 3 rings (SSSR count). The Morgan fingerprint density at radius 3 is 2.16 bits per heavy atom. The molecule has 0 unspecified atom stereocenters. The number of hydrogen-bond donors (Lipinski definition) is 2. The predicted molar refractivity (Wildman–Crippen MR) is 122 cm³/mol. The number of hydrogen-bond acceptors (Lipinski definition) is 5. The summed E-state index contributed by atoms with van der Waals surface area (Å²) in [6.07, 6.45) is 1.99. The molecule has 0 aromatic heterocycles. The minimum absolute atomic E-state index is 0.0612. The number of nitro groups is 1. The average molecular weight is 425 g/mol. The molecular formula is C23H28N4O4. The lowest BCUT2D eigenvalue weighted by Gasteiger charge is -2.31. The van der Waals surface area contributed by atoms with Gasteiger partial charge in [-0.1, -0.05) is 20.8 Å². The summed E-state index contributed by atoms with van der Waals surface area (Å²) in [5.74, 6) is -0.0369. The Kier molecular flexibility index (Phi) is 6.89. The minimum Gasteiger partial charge on any atom is -0.366 e. The summed E-state index contributed by atoms with van der Waals surface area (Å²) >= 11 is 0. The highest BCUT2D eigenvalue weighted by molar-refractivity contribution is 6.05. The fourth-order valence-electron chi connectivity index (χ4n) is 3.45. The first-order valence-electron chi connectivity index (χ1n) is 10.5. The molecular weight excluding hydrogens is 396 g/mol. The molecule has 2 aromatic rings. The van der Waals surface area contributed by atoms with Gasteiger partial charge < -0.3 is 15.5 Å². The van der Waals surface area contributed by atoms with Crippen molar-refractivity contribution >= 4 is 34.6 Å². The summed E-state index contributed by atoms with van der Waals surface area (Å²) in [6, 6.07) is 11.3. The Bertz CT molecular complexity index is 964. The van der Waals surface area contributed by atoms with Crippen molar-refractivity contribution in [1.82, 2.24) is 0 Å². The lowest BCUT2D eigenvalue weighted by atomic mass is 9.98. The number of carbonyl (C=O) groups is 2. The zero-order chi connectivity index (χ0) is 22.5. The predicted octanol–water partition coefficient (Wildman–Crippen LogP) is 4.68. The van der Waals surface area contributed by atoms with Gasteiger partial charge in [0.05, 0.1) is 4.92 Å². The first-order chi connectivity index (χ1) is 14.7. The number of piperidine rings is 1. The van der Waals surface area contributed by atoms with Crippen molar-refractivity contribution in [2.24, 2.45) is 11.8 Å². The molecule has 2 N–H and O–H groups in total. The third kappa shape index (κ3) is 5.59. The monoisotopic (exact) mass is 424 g/mol. The average Bonchev–Trinajstić information content (AvgIpc) is 2.75. The zero-order valence-electron chi connectivity index (χ0n) is 18.1. The highest BCUT2D eigenvalue weighted by atomic mass is 16.6. The first-order valence-corrected chi connectivity index (χ1v) is 10.5. The maximum atomic E-state index is 12.7. The number of amides is 2. The fraction of sp³-hybridized carbons (Fsp3) is 0.391. The molecule has 0 atom stereocenters. The third-order valence-corrected chi connectivity index (χ3v) is 5.49. The number of nitrogens with zero attached hydrogens (tertiary/aromatic N) is 2. The molecule has 2 aromatic carbocycles. The van der Waals surface area contributed by atoms with Gasteiger partial charge in [0.2, 0.25) is 5.91 Å². The van der Waals surface area contributed by atoms with Crippen molar-refractivity contribution in [3.63, 3.8) is 0 Å². The molecule has 1 saturated heterocycles. The van der Waals surface area contributed by atoms with Gasteiger partial charge in [0, 0.05) is 42.0 Å². The van der Waals surface area contributed by atoms with E-state index in [1.807, 2.05) is 4.90 Å². The van der Waals surface area contributed by atoms with Crippen LogP contribution in [0, 0.1) is 22.0 Å². The van der Waals surface area contributed by atoms with Crippen LogP contribution in [0.5, 0.6) is 0 Å². The molecule has 0 spiro atoms. The Hall–Kier alpha value is -3.42. The van der Waals surface area contributed by atoms with Gasteiger partial charge in [0.1, 0.15) is 5.69 Å². The van der Waals surface area contributed by atoms with Crippen molar-refractivity contribution in [2.75, 3.05) is 28.6 Å². The lowest BCUT2D eigenvalue weighted by Crippen LogP contribution is -2.33. The topological polar surface area (TPSA) is 105 Å². The molecule has 0 bridgehead atoms. The summed E-state index contributed by atoms with van der Waals surface area (Å²) in [5, 5.41) is 17.2. The summed E-state index contributed by atoms with van der Waals surface area (Å²) < 4.78 is 0. The van der Waals surface area contributed by atoms with Gasteiger partial charge in [0.25, 0.3) is 11.6 Å². The molecule has 1 aliphatic heterocycles. The van der Waals surface area contributed by atoms with Crippen LogP contribution in [0.2, 0.25) is 0 Å². The minimum atomic E-state index is -0.434. The summed E-state index contributed by atoms with van der Waals surface area (Å²) in [5.41, 5.74) is 1.88. The molecule has 164 valence electrons. The Morgan fingerprint density at radius 2 is 1.61 bits per heavy atom. The number of nitro benzene ring substituents is 1. The highest BCUT2D eigenvalue weighted by Gasteiger charge is 2.24. The quantitative estimate of drug-likeness (QED) is 0.518. The van der Waals surface area contributed by atoms with E-state index in [2.05, 4.69) is 17.6 Å². The van der Waals surface area contributed by atoms with Gasteiger partial charge in [-0.15, -0.1) is 0 Å². The molecule has 1 heterocycles. The number of benzene rings is 2. The van der Waals surface area contributed by atoms with E-state index in [4.69, 9.17) is 0 Å². The van der Waals surface area contributed by atoms with Crippen LogP contribution in [-0.2, 0) is 4.79 Å². The van der Waals surface area contributed by atoms with Crippen LogP contribution in [0.15, 0.2) is 42.5 Å². The standard InChI is InChI=1S/C23H28N4O4/c1-15(2)22(28)24-18-5-7-19(8-6-18)25-23(29)17-4-9-20(21(14-17)27(30)31)26-12-10-16(3)11-13-26/h4-9,14-16H,10-13H2,1-3H3,(H,24,28)(H,25,29). The normalized spacial score (nSPS) is 14.4. The molecule has 1 fully saturated rings. The van der Waals surface area contributed by atoms with Gasteiger partial charge >= 0.3 is 0 Å². The number of rotatable bonds is 6. The molecule has 1 aliphatic rings. The molecule has 0 radical (unpaired) electrons. The van der Waals surface area contributed by atoms with Crippen LogP contribution >= 0.6 is 0 Å². The van der Waals surface area contributed by atoms with Gasteiger partial charge in [-0.25, -0.2) is 0 Å². The van der Waals surface area contributed by atoms with E-state index in [-0.39, 0.29) is 23.1 Å². The second-order valence-electron chi connectivity index (χ2n) is 8.31. The Morgan fingerprint density at radius 1 is 1.03 bits per heavy atom. The molecule has 31 heavy (non-hydrogen) atoms. The van der Waals surface area contributed by atoms with Crippen molar-refractivity contribution in [2.45, 2.75) is 33.6 Å². The van der Waals surface area contributed by atoms with Crippen LogP contribution in [0.1, 0.15) is 44.0 Å². The van der Waals surface area contributed by atoms with E-state index in [0.717, 1.165) is 25.9 Å². The number of carbonyl (C=O) groups excluding carboxylic acids is 2. The fourth-order valence-corrected chi connectivity index (χ4v) is 3.45. The highest BCUT2D eigenvalue weighted by Crippen LogP contribution is 2.32. The van der Waals surface area contributed by atoms with E-state index in [1.165, 1.54) is 6.07 Å². The lowest BCUT2D eigenvalue weighted by molar-refractivity contribution is -0.384. The van der Waals surface area contributed by atoms with E-state index in [0.29, 0.717) is 23.0 Å². The second-order valence-corrected chi connectivity index (χ2v) is 8.31. The van der Waals surface area contributed by atoms with Crippen LogP contribution in [-0.4, -0.2) is 29.8 Å². The summed E-state index contributed by atoms with van der Waals surface area (Å²) in [7, 11) is 0. The maximum Gasteiger partial charge on any atom is 0.293 e. The molecule has 8 nitrogen and oxygen atoms in total. The van der Waals surface area contributed by atoms with Crippen LogP contribution < -0.4 is 15.5 Å². The van der Waals surface area contributed by atoms with Crippen molar-refractivity contribution in [3.05, 3.63) is 58.1 Å². The SMILES string of the molecule is CC1CCN(c2ccc(C(=O)Nc3ccc(NC(=O)C(C)C)cc3)cc2[N+](=O)[O-])CC1. The summed E-state index contributed by atoms with van der Waals surface area (Å²) in [6.45, 7) is 7.34. The number of nitrogens with one attached hydrogen (secondary N) is 2.